The third-order valence-corrected chi connectivity index (χ3v) is 9.91. The summed E-state index contributed by atoms with van der Waals surface area (Å²) in [5.74, 6) is -0.328. The second-order valence-electron chi connectivity index (χ2n) is 14.9. The van der Waals surface area contributed by atoms with E-state index in [-0.39, 0.29) is 18.9 Å². The van der Waals surface area contributed by atoms with Gasteiger partial charge in [-0.2, -0.15) is 0 Å². The average molecular weight is 704 g/mol. The van der Waals surface area contributed by atoms with Gasteiger partial charge >= 0.3 is 0 Å². The molecule has 0 fully saturated rings. The summed E-state index contributed by atoms with van der Waals surface area (Å²) in [6.45, 7) is 4.20. The zero-order valence-corrected chi connectivity index (χ0v) is 33.3. The van der Waals surface area contributed by atoms with Gasteiger partial charge in [-0.1, -0.05) is 204 Å². The summed E-state index contributed by atoms with van der Waals surface area (Å²) in [7, 11) is 0. The molecule has 0 spiro atoms. The van der Waals surface area contributed by atoms with Gasteiger partial charge in [-0.05, 0) is 44.9 Å². The predicted molar refractivity (Wildman–Crippen MR) is 218 cm³/mol. The molecule has 0 saturated heterocycles. The minimum absolute atomic E-state index is 0.00493. The van der Waals surface area contributed by atoms with Crippen molar-refractivity contribution in [2.75, 3.05) is 6.61 Å². The lowest BCUT2D eigenvalue weighted by Crippen LogP contribution is -2.45. The van der Waals surface area contributed by atoms with Crippen molar-refractivity contribution in [3.8, 4) is 0 Å². The lowest BCUT2D eigenvalue weighted by atomic mass is 10.0. The van der Waals surface area contributed by atoms with Crippen molar-refractivity contribution in [1.29, 1.82) is 0 Å². The lowest BCUT2D eigenvalue weighted by molar-refractivity contribution is -0.124. The number of hydrogen-bond acceptors (Lipinski definition) is 4. The summed E-state index contributed by atoms with van der Waals surface area (Å²) in [5.41, 5.74) is 0. The molecule has 0 bridgehead atoms. The molecule has 0 rings (SSSR count). The fourth-order valence-corrected chi connectivity index (χ4v) is 6.55. The Kier molecular flexibility index (Phi) is 39.2. The second-order valence-corrected chi connectivity index (χ2v) is 14.9. The molecule has 0 aliphatic rings. The van der Waals surface area contributed by atoms with Crippen molar-refractivity contribution >= 4 is 5.91 Å². The van der Waals surface area contributed by atoms with Crippen LogP contribution in [0.4, 0.5) is 0 Å². The van der Waals surface area contributed by atoms with E-state index in [9.17, 15) is 20.1 Å². The van der Waals surface area contributed by atoms with Gasteiger partial charge in [0.2, 0.25) is 5.91 Å². The Bertz CT molecular complexity index is 779. The maximum absolute atomic E-state index is 12.4. The van der Waals surface area contributed by atoms with E-state index in [2.05, 4.69) is 43.5 Å². The monoisotopic (exact) mass is 704 g/mol. The molecule has 0 radical (unpaired) electrons. The molecule has 3 unspecified atom stereocenters. The van der Waals surface area contributed by atoms with Crippen molar-refractivity contribution in [3.63, 3.8) is 0 Å². The highest BCUT2D eigenvalue weighted by Crippen LogP contribution is 2.15. The number of nitrogens with one attached hydrogen (secondary N) is 1. The standard InChI is InChI=1S/C45H85NO4/c1-3-5-7-9-11-13-15-17-19-21-23-25-27-29-31-33-35-37-39-44(49)43(41-47)46-45(50)40-42(48)38-36-34-32-30-28-26-24-22-20-18-16-14-12-10-8-6-4-2/h21,23,29,31,37,39,42-44,47-49H,3-20,22,24-28,30,32-36,38,40-41H2,1-2H3,(H,46,50)/b23-21+,31-29+,39-37+. The van der Waals surface area contributed by atoms with Crippen LogP contribution in [0, 0.1) is 0 Å². The van der Waals surface area contributed by atoms with Crippen LogP contribution < -0.4 is 5.32 Å². The summed E-state index contributed by atoms with van der Waals surface area (Å²) >= 11 is 0. The van der Waals surface area contributed by atoms with Crippen LogP contribution in [-0.2, 0) is 4.79 Å². The smallest absolute Gasteiger partial charge is 0.222 e. The van der Waals surface area contributed by atoms with Crippen LogP contribution in [0.1, 0.15) is 219 Å². The van der Waals surface area contributed by atoms with Gasteiger partial charge in [0.1, 0.15) is 0 Å². The minimum atomic E-state index is -0.957. The number of rotatable bonds is 39. The van der Waals surface area contributed by atoms with Crippen molar-refractivity contribution < 1.29 is 20.1 Å². The second kappa shape index (κ2) is 40.3. The third kappa shape index (κ3) is 36.4. The number of aliphatic hydroxyl groups excluding tert-OH is 3. The van der Waals surface area contributed by atoms with Crippen molar-refractivity contribution in [2.45, 2.75) is 238 Å². The Balaban J connectivity index is 3.73. The topological polar surface area (TPSA) is 89.8 Å². The van der Waals surface area contributed by atoms with Crippen LogP contribution in [0.2, 0.25) is 0 Å². The van der Waals surface area contributed by atoms with Crippen molar-refractivity contribution in [2.24, 2.45) is 0 Å². The van der Waals surface area contributed by atoms with E-state index in [1.54, 1.807) is 6.08 Å². The molecule has 50 heavy (non-hydrogen) atoms. The lowest BCUT2D eigenvalue weighted by Gasteiger charge is -2.21. The molecular weight excluding hydrogens is 618 g/mol. The van der Waals surface area contributed by atoms with Crippen LogP contribution >= 0.6 is 0 Å². The summed E-state index contributed by atoms with van der Waals surface area (Å²) in [5, 5.41) is 33.2. The SMILES string of the molecule is CCCCCCCCCC/C=C/CC/C=C/CC/C=C/C(O)C(CO)NC(=O)CC(O)CCCCCCCCCCCCCCCCCCC. The number of allylic oxidation sites excluding steroid dienone is 5. The van der Waals surface area contributed by atoms with Crippen LogP contribution in [0.3, 0.4) is 0 Å². The molecule has 0 aromatic heterocycles. The Morgan fingerprint density at radius 1 is 0.500 bits per heavy atom. The fourth-order valence-electron chi connectivity index (χ4n) is 6.55. The first-order chi connectivity index (χ1) is 24.5. The largest absolute Gasteiger partial charge is 0.394 e. The van der Waals surface area contributed by atoms with Gasteiger partial charge in [0.05, 0.1) is 31.3 Å². The van der Waals surface area contributed by atoms with Crippen LogP contribution in [0.15, 0.2) is 36.5 Å². The summed E-state index contributed by atoms with van der Waals surface area (Å²) in [6, 6.07) is -0.764. The Labute approximate surface area is 311 Å². The molecule has 1 amide bonds. The van der Waals surface area contributed by atoms with E-state index in [1.807, 2.05) is 6.08 Å². The first-order valence-electron chi connectivity index (χ1n) is 21.8. The molecule has 3 atom stereocenters. The summed E-state index contributed by atoms with van der Waals surface area (Å²) < 4.78 is 0. The van der Waals surface area contributed by atoms with Gasteiger partial charge in [-0.15, -0.1) is 0 Å². The van der Waals surface area contributed by atoms with Gasteiger partial charge < -0.3 is 20.6 Å². The number of aliphatic hydroxyl groups is 3. The minimum Gasteiger partial charge on any atom is -0.394 e. The fraction of sp³-hybridized carbons (Fsp3) is 0.844. The van der Waals surface area contributed by atoms with Gasteiger partial charge in [-0.25, -0.2) is 0 Å². The summed E-state index contributed by atoms with van der Waals surface area (Å²) in [4.78, 5) is 12.4. The Morgan fingerprint density at radius 2 is 0.860 bits per heavy atom. The Hall–Kier alpha value is -1.43. The van der Waals surface area contributed by atoms with E-state index < -0.39 is 18.2 Å². The van der Waals surface area contributed by atoms with Gasteiger partial charge in [0, 0.05) is 0 Å². The molecule has 4 N–H and O–H groups in total. The summed E-state index contributed by atoms with van der Waals surface area (Å²) in [6.07, 6.45) is 50.0. The highest BCUT2D eigenvalue weighted by molar-refractivity contribution is 5.76. The number of carbonyl (C=O) groups excluding carboxylic acids is 1. The first kappa shape index (κ1) is 48.6. The molecule has 0 heterocycles. The van der Waals surface area contributed by atoms with Crippen LogP contribution in [-0.4, -0.2) is 46.1 Å². The van der Waals surface area contributed by atoms with Gasteiger partial charge in [-0.3, -0.25) is 4.79 Å². The van der Waals surface area contributed by atoms with Gasteiger partial charge in [0.15, 0.2) is 0 Å². The van der Waals surface area contributed by atoms with Crippen molar-refractivity contribution in [1.82, 2.24) is 5.32 Å². The average Bonchev–Trinajstić information content (AvgIpc) is 3.11. The molecule has 0 aromatic carbocycles. The zero-order valence-electron chi connectivity index (χ0n) is 33.3. The maximum atomic E-state index is 12.4. The van der Waals surface area contributed by atoms with E-state index in [1.165, 1.54) is 154 Å². The van der Waals surface area contributed by atoms with Crippen LogP contribution in [0.5, 0.6) is 0 Å². The first-order valence-corrected chi connectivity index (χ1v) is 21.8. The van der Waals surface area contributed by atoms with E-state index in [0.29, 0.717) is 6.42 Å². The normalized spacial score (nSPS) is 13.9. The molecule has 0 saturated carbocycles. The highest BCUT2D eigenvalue weighted by Gasteiger charge is 2.20. The van der Waals surface area contributed by atoms with Crippen molar-refractivity contribution in [3.05, 3.63) is 36.5 Å². The molecule has 0 aliphatic heterocycles. The molecule has 0 aliphatic carbocycles. The number of amides is 1. The maximum Gasteiger partial charge on any atom is 0.222 e. The quantitative estimate of drug-likeness (QED) is 0.0379. The number of carbonyl (C=O) groups is 1. The number of hydrogen-bond donors (Lipinski definition) is 4. The van der Waals surface area contributed by atoms with E-state index >= 15 is 0 Å². The van der Waals surface area contributed by atoms with E-state index in [0.717, 1.165) is 38.5 Å². The molecule has 294 valence electrons. The zero-order chi connectivity index (χ0) is 36.6. The molecule has 5 heteroatoms. The number of unbranched alkanes of at least 4 members (excludes halogenated alkanes) is 26. The highest BCUT2D eigenvalue weighted by atomic mass is 16.3. The molecule has 0 aromatic rings. The van der Waals surface area contributed by atoms with E-state index in [4.69, 9.17) is 0 Å². The molecule has 5 nitrogen and oxygen atoms in total. The van der Waals surface area contributed by atoms with Crippen LogP contribution in [0.25, 0.3) is 0 Å². The Morgan fingerprint density at radius 3 is 1.28 bits per heavy atom. The molecular formula is C45H85NO4. The third-order valence-electron chi connectivity index (χ3n) is 9.91. The van der Waals surface area contributed by atoms with Gasteiger partial charge in [0.25, 0.3) is 0 Å². The predicted octanol–water partition coefficient (Wildman–Crippen LogP) is 12.4.